The van der Waals surface area contributed by atoms with Crippen molar-refractivity contribution in [2.24, 2.45) is 0 Å². The smallest absolute Gasteiger partial charge is 0.300 e. The lowest BCUT2D eigenvalue weighted by Gasteiger charge is -2.07. The van der Waals surface area contributed by atoms with E-state index >= 15 is 0 Å². The second-order valence-electron chi connectivity index (χ2n) is 2.78. The van der Waals surface area contributed by atoms with Crippen molar-refractivity contribution in [1.82, 2.24) is 9.13 Å². The molecule has 0 N–H and O–H groups in total. The molecule has 0 fully saturated rings. The van der Waals surface area contributed by atoms with Crippen molar-refractivity contribution in [2.45, 2.75) is 26.4 Å². The molecule has 0 saturated carbocycles. The molecule has 4 nitrogen and oxygen atoms in total. The van der Waals surface area contributed by atoms with Gasteiger partial charge in [0.1, 0.15) is 0 Å². The summed E-state index contributed by atoms with van der Waals surface area (Å²) >= 11 is 0. The number of hydrogen-bond acceptors (Lipinski definition) is 2. The minimum atomic E-state index is -3.08. The Morgan fingerprint density at radius 1 is 1.43 bits per heavy atom. The quantitative estimate of drug-likeness (QED) is 0.731. The molecule has 0 bridgehead atoms. The van der Waals surface area contributed by atoms with Crippen molar-refractivity contribution in [2.75, 3.05) is 0 Å². The Balaban J connectivity index is 3.34. The Morgan fingerprint density at radius 3 is 2.57 bits per heavy atom. The number of hydrogen-bond donors (Lipinski definition) is 0. The third-order valence-corrected chi connectivity index (χ3v) is 1.75. The zero-order chi connectivity index (χ0) is 10.7. The zero-order valence-electron chi connectivity index (χ0n) is 7.61. The van der Waals surface area contributed by atoms with E-state index in [0.29, 0.717) is 13.0 Å². The summed E-state index contributed by atoms with van der Waals surface area (Å²) in [5.41, 5.74) is -1.94. The fraction of sp³-hybridized carbons (Fsp3) is 0.500. The highest BCUT2D eigenvalue weighted by Crippen LogP contribution is 2.01. The average molecular weight is 204 g/mol. The lowest BCUT2D eigenvalue weighted by molar-refractivity contribution is 0.0595. The number of rotatable bonds is 3. The summed E-state index contributed by atoms with van der Waals surface area (Å²) in [4.78, 5) is 22.2. The van der Waals surface area contributed by atoms with Crippen molar-refractivity contribution in [3.05, 3.63) is 33.1 Å². The number of halogens is 2. The minimum Gasteiger partial charge on any atom is -0.300 e. The van der Waals surface area contributed by atoms with Crippen LogP contribution in [-0.4, -0.2) is 9.13 Å². The lowest BCUT2D eigenvalue weighted by atomic mass is 10.4. The van der Waals surface area contributed by atoms with Crippen molar-refractivity contribution >= 4 is 0 Å². The highest BCUT2D eigenvalue weighted by molar-refractivity contribution is 4.86. The monoisotopic (exact) mass is 204 g/mol. The molecule has 0 spiro atoms. The molecule has 1 aromatic heterocycles. The van der Waals surface area contributed by atoms with Crippen molar-refractivity contribution in [1.29, 1.82) is 0 Å². The minimum absolute atomic E-state index is 0.0599. The molecular formula is C8H10F2N2O2. The van der Waals surface area contributed by atoms with Gasteiger partial charge in [-0.05, 0) is 6.42 Å². The number of aromatic nitrogens is 2. The zero-order valence-corrected chi connectivity index (χ0v) is 7.61. The van der Waals surface area contributed by atoms with Gasteiger partial charge in [-0.1, -0.05) is 6.92 Å². The number of alkyl halides is 2. The SMILES string of the molecule is CCCn1ccc(=O)n(C(F)F)c1=O. The summed E-state index contributed by atoms with van der Waals surface area (Å²) in [7, 11) is 0. The van der Waals surface area contributed by atoms with Crippen molar-refractivity contribution in [3.63, 3.8) is 0 Å². The Labute approximate surface area is 78.4 Å². The van der Waals surface area contributed by atoms with E-state index in [9.17, 15) is 18.4 Å². The van der Waals surface area contributed by atoms with Gasteiger partial charge in [-0.25, -0.2) is 9.36 Å². The van der Waals surface area contributed by atoms with Gasteiger partial charge in [0.05, 0.1) is 0 Å². The highest BCUT2D eigenvalue weighted by Gasteiger charge is 2.12. The molecule has 6 heteroatoms. The predicted molar refractivity (Wildman–Crippen MR) is 46.5 cm³/mol. The van der Waals surface area contributed by atoms with Crippen molar-refractivity contribution in [3.8, 4) is 0 Å². The van der Waals surface area contributed by atoms with E-state index in [2.05, 4.69) is 0 Å². The van der Waals surface area contributed by atoms with Crippen LogP contribution in [0, 0.1) is 0 Å². The largest absolute Gasteiger partial charge is 0.335 e. The summed E-state index contributed by atoms with van der Waals surface area (Å²) < 4.78 is 25.5. The van der Waals surface area contributed by atoms with Gasteiger partial charge in [-0.15, -0.1) is 0 Å². The Morgan fingerprint density at radius 2 is 2.07 bits per heavy atom. The first kappa shape index (κ1) is 10.6. The van der Waals surface area contributed by atoms with Gasteiger partial charge in [0.2, 0.25) is 0 Å². The molecule has 0 aliphatic carbocycles. The molecule has 1 heterocycles. The van der Waals surface area contributed by atoms with E-state index in [1.165, 1.54) is 6.20 Å². The van der Waals surface area contributed by atoms with Crippen LogP contribution < -0.4 is 11.2 Å². The molecule has 0 unspecified atom stereocenters. The molecule has 0 amide bonds. The van der Waals surface area contributed by atoms with Crippen LogP contribution in [0.3, 0.4) is 0 Å². The van der Waals surface area contributed by atoms with E-state index in [4.69, 9.17) is 0 Å². The molecule has 0 radical (unpaired) electrons. The maximum atomic E-state index is 12.3. The maximum absolute atomic E-state index is 12.3. The van der Waals surface area contributed by atoms with Crippen LogP contribution in [0.15, 0.2) is 21.9 Å². The van der Waals surface area contributed by atoms with Crippen LogP contribution in [0.25, 0.3) is 0 Å². The normalized spacial score (nSPS) is 10.9. The Bertz CT molecular complexity index is 422. The van der Waals surface area contributed by atoms with E-state index in [1.54, 1.807) is 0 Å². The van der Waals surface area contributed by atoms with Gasteiger partial charge in [0, 0.05) is 18.8 Å². The second kappa shape index (κ2) is 4.17. The van der Waals surface area contributed by atoms with Gasteiger partial charge in [0.25, 0.3) is 5.56 Å². The summed E-state index contributed by atoms with van der Waals surface area (Å²) in [6.07, 6.45) is 1.87. The number of nitrogens with zero attached hydrogens (tertiary/aromatic N) is 2. The molecule has 0 saturated heterocycles. The van der Waals surface area contributed by atoms with Gasteiger partial charge < -0.3 is 4.57 Å². The van der Waals surface area contributed by atoms with Crippen LogP contribution in [-0.2, 0) is 6.54 Å². The second-order valence-corrected chi connectivity index (χ2v) is 2.78. The first-order chi connectivity index (χ1) is 6.57. The van der Waals surface area contributed by atoms with Crippen LogP contribution in [0.2, 0.25) is 0 Å². The van der Waals surface area contributed by atoms with E-state index in [-0.39, 0.29) is 4.57 Å². The summed E-state index contributed by atoms with van der Waals surface area (Å²) in [5.74, 6) is 0. The van der Waals surface area contributed by atoms with Crippen LogP contribution >= 0.6 is 0 Å². The fourth-order valence-corrected chi connectivity index (χ4v) is 1.12. The van der Waals surface area contributed by atoms with Gasteiger partial charge in [-0.3, -0.25) is 4.79 Å². The van der Waals surface area contributed by atoms with Crippen LogP contribution in [0.5, 0.6) is 0 Å². The van der Waals surface area contributed by atoms with Crippen LogP contribution in [0.1, 0.15) is 19.9 Å². The van der Waals surface area contributed by atoms with E-state index in [1.807, 2.05) is 6.92 Å². The number of aryl methyl sites for hydroxylation is 1. The maximum Gasteiger partial charge on any atom is 0.335 e. The molecule has 1 rings (SSSR count). The van der Waals surface area contributed by atoms with Crippen LogP contribution in [0.4, 0.5) is 8.78 Å². The molecule has 78 valence electrons. The van der Waals surface area contributed by atoms with E-state index < -0.39 is 17.8 Å². The summed E-state index contributed by atoms with van der Waals surface area (Å²) in [5, 5.41) is 0. The third-order valence-electron chi connectivity index (χ3n) is 1.75. The standard InChI is InChI=1S/C8H10F2N2O2/c1-2-4-11-5-3-6(13)12(7(9)10)8(11)14/h3,5,7H,2,4H2,1H3. The first-order valence-corrected chi connectivity index (χ1v) is 4.18. The van der Waals surface area contributed by atoms with Gasteiger partial charge in [0.15, 0.2) is 0 Å². The molecule has 0 atom stereocenters. The predicted octanol–water partition coefficient (Wildman–Crippen LogP) is 0.815. The molecule has 0 aliphatic heterocycles. The van der Waals surface area contributed by atoms with Gasteiger partial charge >= 0.3 is 12.2 Å². The lowest BCUT2D eigenvalue weighted by Crippen LogP contribution is -2.39. The molecular weight excluding hydrogens is 194 g/mol. The fourth-order valence-electron chi connectivity index (χ4n) is 1.12. The summed E-state index contributed by atoms with van der Waals surface area (Å²) in [6, 6.07) is 0.962. The molecule has 14 heavy (non-hydrogen) atoms. The molecule has 0 aromatic carbocycles. The Kier molecular flexibility index (Phi) is 3.16. The summed E-state index contributed by atoms with van der Waals surface area (Å²) in [6.45, 7) is -0.949. The first-order valence-electron chi connectivity index (χ1n) is 4.18. The van der Waals surface area contributed by atoms with E-state index in [0.717, 1.165) is 10.6 Å². The highest BCUT2D eigenvalue weighted by atomic mass is 19.3. The third kappa shape index (κ3) is 1.89. The molecule has 0 aliphatic rings. The Hall–Kier alpha value is -1.46. The van der Waals surface area contributed by atoms with Crippen molar-refractivity contribution < 1.29 is 8.78 Å². The molecule has 1 aromatic rings. The topological polar surface area (TPSA) is 44.0 Å². The average Bonchev–Trinajstić information content (AvgIpc) is 2.10. The van der Waals surface area contributed by atoms with Gasteiger partial charge in [-0.2, -0.15) is 8.78 Å².